The maximum atomic E-state index is 15.5. The molecule has 2 saturated heterocycles. The van der Waals surface area contributed by atoms with E-state index in [1.807, 2.05) is 24.3 Å². The summed E-state index contributed by atoms with van der Waals surface area (Å²) in [5, 5.41) is 9.61. The van der Waals surface area contributed by atoms with Crippen LogP contribution in [-0.4, -0.2) is 67.4 Å². The van der Waals surface area contributed by atoms with Gasteiger partial charge in [-0.1, -0.05) is 19.1 Å². The normalized spacial score (nSPS) is 26.0. The van der Waals surface area contributed by atoms with E-state index in [0.717, 1.165) is 36.9 Å². The standard InChI is InChI=1S/C28H39FN2O5Si/c1-19-23(14-11-20-9-12-21(13-10-20)31-16-6-8-24(35-2)28(31)34)36-25(27(19)37(3,4)29)17-26(33)30-15-5-7-22(30)18-32/h6,8-10,12-13,16,19,22-23,25,27,32H,5,7,11,14-15,17-18H2,1-4H3/t19-,22+,23+,25-,27+/m1/s1. The molecule has 0 bridgehead atoms. The number of likely N-dealkylation sites (tertiary alicyclic amines) is 1. The predicted octanol–water partition coefficient (Wildman–Crippen LogP) is 4.10. The molecule has 2 fully saturated rings. The van der Waals surface area contributed by atoms with Crippen LogP contribution >= 0.6 is 0 Å². The molecule has 4 rings (SSSR count). The van der Waals surface area contributed by atoms with Crippen LogP contribution in [0.2, 0.25) is 18.6 Å². The molecule has 1 aromatic heterocycles. The summed E-state index contributed by atoms with van der Waals surface area (Å²) in [6.45, 7) is 6.09. The largest absolute Gasteiger partial charge is 0.491 e. The highest BCUT2D eigenvalue weighted by Gasteiger charge is 2.52. The van der Waals surface area contributed by atoms with Crippen LogP contribution in [0, 0.1) is 5.92 Å². The Morgan fingerprint density at radius 3 is 2.59 bits per heavy atom. The summed E-state index contributed by atoms with van der Waals surface area (Å²) in [6.07, 6.45) is 4.51. The third-order valence-electron chi connectivity index (χ3n) is 8.04. The second-order valence-electron chi connectivity index (χ2n) is 10.9. The van der Waals surface area contributed by atoms with Gasteiger partial charge in [0.15, 0.2) is 5.75 Å². The van der Waals surface area contributed by atoms with Gasteiger partial charge in [-0.3, -0.25) is 14.2 Å². The number of aryl methyl sites for hydroxylation is 1. The first kappa shape index (κ1) is 27.5. The van der Waals surface area contributed by atoms with Crippen molar-refractivity contribution < 1.29 is 23.5 Å². The fraction of sp³-hybridized carbons (Fsp3) is 0.571. The first-order chi connectivity index (χ1) is 17.6. The number of hydrogen-bond acceptors (Lipinski definition) is 5. The zero-order valence-corrected chi connectivity index (χ0v) is 23.2. The number of methoxy groups -OCH3 is 1. The van der Waals surface area contributed by atoms with E-state index in [4.69, 9.17) is 9.47 Å². The molecule has 1 aromatic carbocycles. The van der Waals surface area contributed by atoms with E-state index in [0.29, 0.717) is 6.54 Å². The molecule has 0 spiro atoms. The van der Waals surface area contributed by atoms with Crippen molar-refractivity contribution in [1.82, 2.24) is 9.47 Å². The average Bonchev–Trinajstić information content (AvgIpc) is 3.47. The molecule has 0 radical (unpaired) electrons. The van der Waals surface area contributed by atoms with Crippen molar-refractivity contribution in [3.63, 3.8) is 0 Å². The minimum Gasteiger partial charge on any atom is -0.491 e. The van der Waals surface area contributed by atoms with Crippen molar-refractivity contribution >= 4 is 14.3 Å². The van der Waals surface area contributed by atoms with Gasteiger partial charge in [-0.05, 0) is 74.5 Å². The number of nitrogens with zero attached hydrogens (tertiary/aromatic N) is 2. The van der Waals surface area contributed by atoms with Gasteiger partial charge in [0.2, 0.25) is 14.3 Å². The second kappa shape index (κ2) is 11.5. The van der Waals surface area contributed by atoms with Crippen LogP contribution in [0.25, 0.3) is 5.69 Å². The molecule has 2 aromatic rings. The molecule has 1 N–H and O–H groups in total. The zero-order valence-electron chi connectivity index (χ0n) is 22.2. The Balaban J connectivity index is 1.42. The van der Waals surface area contributed by atoms with Crippen molar-refractivity contribution in [2.24, 2.45) is 5.92 Å². The minimum absolute atomic E-state index is 0.0197. The molecule has 2 aliphatic rings. The molecule has 0 unspecified atom stereocenters. The SMILES string of the molecule is COc1cccn(-c2ccc(CC[C@@H]3O[C@H](CC(=O)N4CCC[C@H]4CO)[C@@H]([Si](C)(C)F)[C@@H]3C)cc2)c1=O. The van der Waals surface area contributed by atoms with Crippen LogP contribution in [0.4, 0.5) is 4.11 Å². The molecule has 2 aliphatic heterocycles. The van der Waals surface area contributed by atoms with Gasteiger partial charge >= 0.3 is 0 Å². The van der Waals surface area contributed by atoms with E-state index in [1.54, 1.807) is 40.9 Å². The van der Waals surface area contributed by atoms with Crippen LogP contribution in [0.1, 0.15) is 38.2 Å². The van der Waals surface area contributed by atoms with E-state index >= 15 is 4.11 Å². The van der Waals surface area contributed by atoms with Crippen molar-refractivity contribution in [1.29, 1.82) is 0 Å². The molecule has 3 heterocycles. The molecule has 37 heavy (non-hydrogen) atoms. The molecular formula is C28H39FN2O5Si. The second-order valence-corrected chi connectivity index (χ2v) is 14.7. The van der Waals surface area contributed by atoms with Gasteiger partial charge in [0, 0.05) is 24.0 Å². The Morgan fingerprint density at radius 2 is 1.95 bits per heavy atom. The van der Waals surface area contributed by atoms with Crippen molar-refractivity contribution in [3.8, 4) is 11.4 Å². The quantitative estimate of drug-likeness (QED) is 0.390. The Bertz CT molecular complexity index is 1130. The van der Waals surface area contributed by atoms with Crippen LogP contribution in [-0.2, 0) is 16.0 Å². The Hall–Kier alpha value is -2.49. The van der Waals surface area contributed by atoms with Gasteiger partial charge in [-0.15, -0.1) is 0 Å². The average molecular weight is 531 g/mol. The number of rotatable bonds is 9. The number of aromatic nitrogens is 1. The molecule has 202 valence electrons. The van der Waals surface area contributed by atoms with Crippen LogP contribution in [0.15, 0.2) is 47.4 Å². The van der Waals surface area contributed by atoms with Crippen molar-refractivity contribution in [2.45, 2.75) is 75.9 Å². The first-order valence-electron chi connectivity index (χ1n) is 13.2. The lowest BCUT2D eigenvalue weighted by Gasteiger charge is -2.30. The summed E-state index contributed by atoms with van der Waals surface area (Å²) in [4.78, 5) is 27.3. The number of aliphatic hydroxyl groups excluding tert-OH is 1. The lowest BCUT2D eigenvalue weighted by atomic mass is 9.95. The number of aliphatic hydroxyl groups is 1. The highest BCUT2D eigenvalue weighted by atomic mass is 28.4. The highest BCUT2D eigenvalue weighted by Crippen LogP contribution is 2.47. The number of halogens is 1. The number of pyridine rings is 1. The molecule has 1 amide bonds. The summed E-state index contributed by atoms with van der Waals surface area (Å²) in [5.41, 5.74) is 1.39. The minimum atomic E-state index is -3.08. The number of carbonyl (C=O) groups excluding carboxylic acids is 1. The monoisotopic (exact) mass is 530 g/mol. The zero-order chi connectivity index (χ0) is 26.7. The molecular weight excluding hydrogens is 491 g/mol. The fourth-order valence-corrected chi connectivity index (χ4v) is 8.73. The molecule has 5 atom stereocenters. The van der Waals surface area contributed by atoms with Gasteiger partial charge in [-0.2, -0.15) is 0 Å². The highest BCUT2D eigenvalue weighted by molar-refractivity contribution is 6.72. The summed E-state index contributed by atoms with van der Waals surface area (Å²) in [6, 6.07) is 11.1. The Labute approximate surface area is 219 Å². The number of ether oxygens (including phenoxy) is 2. The summed E-state index contributed by atoms with van der Waals surface area (Å²) >= 11 is 0. The molecule has 0 saturated carbocycles. The van der Waals surface area contributed by atoms with E-state index in [1.165, 1.54) is 7.11 Å². The lowest BCUT2D eigenvalue weighted by Crippen LogP contribution is -2.42. The third-order valence-corrected chi connectivity index (χ3v) is 10.5. The van der Waals surface area contributed by atoms with Crippen LogP contribution in [0.3, 0.4) is 0 Å². The Kier molecular flexibility index (Phi) is 8.55. The van der Waals surface area contributed by atoms with E-state index in [-0.39, 0.29) is 53.8 Å². The smallest absolute Gasteiger partial charge is 0.297 e. The van der Waals surface area contributed by atoms with Gasteiger partial charge in [0.25, 0.3) is 5.56 Å². The van der Waals surface area contributed by atoms with Gasteiger partial charge in [0.05, 0.1) is 38.4 Å². The maximum absolute atomic E-state index is 15.5. The third kappa shape index (κ3) is 5.99. The fourth-order valence-electron chi connectivity index (χ4n) is 6.18. The molecule has 7 nitrogen and oxygen atoms in total. The lowest BCUT2D eigenvalue weighted by molar-refractivity contribution is -0.135. The predicted molar refractivity (Wildman–Crippen MR) is 144 cm³/mol. The van der Waals surface area contributed by atoms with Crippen LogP contribution in [0.5, 0.6) is 5.75 Å². The topological polar surface area (TPSA) is 81.0 Å². The first-order valence-corrected chi connectivity index (χ1v) is 16.2. The number of amides is 1. The van der Waals surface area contributed by atoms with Gasteiger partial charge < -0.3 is 23.6 Å². The maximum Gasteiger partial charge on any atom is 0.297 e. The van der Waals surface area contributed by atoms with E-state index in [2.05, 4.69) is 6.92 Å². The Morgan fingerprint density at radius 1 is 1.22 bits per heavy atom. The van der Waals surface area contributed by atoms with Crippen LogP contribution < -0.4 is 10.3 Å². The van der Waals surface area contributed by atoms with E-state index < -0.39 is 14.5 Å². The summed E-state index contributed by atoms with van der Waals surface area (Å²) in [5.74, 6) is 0.268. The number of hydrogen-bond donors (Lipinski definition) is 1. The van der Waals surface area contributed by atoms with Gasteiger partial charge in [-0.25, -0.2) is 0 Å². The number of carbonyl (C=O) groups is 1. The summed E-state index contributed by atoms with van der Waals surface area (Å²) < 4.78 is 28.5. The van der Waals surface area contributed by atoms with Crippen molar-refractivity contribution in [2.75, 3.05) is 20.3 Å². The summed E-state index contributed by atoms with van der Waals surface area (Å²) in [7, 11) is -1.60. The molecule has 9 heteroatoms. The molecule has 0 aliphatic carbocycles. The van der Waals surface area contributed by atoms with Crippen molar-refractivity contribution in [3.05, 3.63) is 58.5 Å². The van der Waals surface area contributed by atoms with E-state index in [9.17, 15) is 14.7 Å². The van der Waals surface area contributed by atoms with Gasteiger partial charge in [0.1, 0.15) is 0 Å². The number of benzene rings is 1.